The molecule has 1 rings (SSSR count). The van der Waals surface area contributed by atoms with Crippen molar-refractivity contribution in [3.8, 4) is 0 Å². The van der Waals surface area contributed by atoms with Crippen LogP contribution in [0.5, 0.6) is 0 Å². The summed E-state index contributed by atoms with van der Waals surface area (Å²) < 4.78 is 37.6. The fourth-order valence-corrected chi connectivity index (χ4v) is 1.60. The highest BCUT2D eigenvalue weighted by Crippen LogP contribution is 2.34. The quantitative estimate of drug-likeness (QED) is 0.480. The van der Waals surface area contributed by atoms with E-state index in [-0.39, 0.29) is 30.6 Å². The molecule has 0 spiro atoms. The van der Waals surface area contributed by atoms with E-state index in [4.69, 9.17) is 0 Å². The van der Waals surface area contributed by atoms with Crippen molar-refractivity contribution < 1.29 is 22.9 Å². The van der Waals surface area contributed by atoms with Crippen molar-refractivity contribution >= 4 is 17.3 Å². The zero-order chi connectivity index (χ0) is 16.9. The number of nitro groups is 1. The molecular formula is C13H16F3N3O3. The molecule has 22 heavy (non-hydrogen) atoms. The van der Waals surface area contributed by atoms with E-state index in [1.54, 1.807) is 13.8 Å². The molecule has 9 heteroatoms. The molecule has 0 bridgehead atoms. The van der Waals surface area contributed by atoms with Gasteiger partial charge in [-0.25, -0.2) is 0 Å². The molecule has 0 atom stereocenters. The summed E-state index contributed by atoms with van der Waals surface area (Å²) in [4.78, 5) is 21.3. The summed E-state index contributed by atoms with van der Waals surface area (Å²) in [5, 5.41) is 16.1. The minimum Gasteiger partial charge on any atom is -0.378 e. The molecule has 122 valence electrons. The second-order valence-corrected chi connectivity index (χ2v) is 4.86. The normalized spacial score (nSPS) is 11.4. The van der Waals surface area contributed by atoms with Crippen molar-refractivity contribution in [1.82, 2.24) is 5.32 Å². The highest BCUT2D eigenvalue weighted by atomic mass is 19.4. The van der Waals surface area contributed by atoms with E-state index in [1.165, 1.54) is 0 Å². The number of amides is 1. The summed E-state index contributed by atoms with van der Waals surface area (Å²) in [5.74, 6) is -0.371. The molecule has 0 aromatic heterocycles. The molecule has 0 unspecified atom stereocenters. The van der Waals surface area contributed by atoms with Gasteiger partial charge in [0.2, 0.25) is 5.91 Å². The minimum absolute atomic E-state index is 0.0307. The lowest BCUT2D eigenvalue weighted by Gasteiger charge is -2.11. The first-order valence-electron chi connectivity index (χ1n) is 6.50. The Morgan fingerprint density at radius 2 is 1.95 bits per heavy atom. The van der Waals surface area contributed by atoms with Gasteiger partial charge in [-0.1, -0.05) is 13.8 Å². The maximum Gasteiger partial charge on any atom is 0.416 e. The number of rotatable bonds is 6. The number of carbonyl (C=O) groups is 1. The summed E-state index contributed by atoms with van der Waals surface area (Å²) in [5.41, 5.74) is -1.78. The number of anilines is 1. The largest absolute Gasteiger partial charge is 0.416 e. The van der Waals surface area contributed by atoms with Gasteiger partial charge in [-0.2, -0.15) is 13.2 Å². The number of halogens is 3. The van der Waals surface area contributed by atoms with E-state index in [0.717, 1.165) is 12.1 Å². The second-order valence-electron chi connectivity index (χ2n) is 4.86. The Morgan fingerprint density at radius 3 is 2.45 bits per heavy atom. The number of benzene rings is 1. The standard InChI is InChI=1S/C13H16F3N3O3/c1-8(2)12(20)18-6-5-17-10-4-3-9(13(14,15)16)7-11(10)19(21)22/h3-4,7-8,17H,5-6H2,1-2H3,(H,18,20). The van der Waals surface area contributed by atoms with Crippen molar-refractivity contribution in [1.29, 1.82) is 0 Å². The van der Waals surface area contributed by atoms with Crippen molar-refractivity contribution in [2.24, 2.45) is 5.92 Å². The highest BCUT2D eigenvalue weighted by molar-refractivity contribution is 5.77. The van der Waals surface area contributed by atoms with Gasteiger partial charge in [-0.05, 0) is 12.1 Å². The molecule has 6 nitrogen and oxygen atoms in total. The second kappa shape index (κ2) is 7.10. The monoisotopic (exact) mass is 319 g/mol. The summed E-state index contributed by atoms with van der Waals surface area (Å²) in [6, 6.07) is 2.25. The number of alkyl halides is 3. The Kier molecular flexibility index (Phi) is 5.72. The van der Waals surface area contributed by atoms with Gasteiger partial charge < -0.3 is 10.6 Å². The third-order valence-corrected chi connectivity index (χ3v) is 2.79. The van der Waals surface area contributed by atoms with Gasteiger partial charge in [0, 0.05) is 25.1 Å². The average molecular weight is 319 g/mol. The highest BCUT2D eigenvalue weighted by Gasteiger charge is 2.32. The van der Waals surface area contributed by atoms with E-state index >= 15 is 0 Å². The SMILES string of the molecule is CC(C)C(=O)NCCNc1ccc(C(F)(F)F)cc1[N+](=O)[O-]. The minimum atomic E-state index is -4.64. The van der Waals surface area contributed by atoms with E-state index in [2.05, 4.69) is 10.6 Å². The molecule has 0 aliphatic carbocycles. The van der Waals surface area contributed by atoms with Crippen LogP contribution in [0, 0.1) is 16.0 Å². The number of carbonyl (C=O) groups excluding carboxylic acids is 1. The number of nitrogens with one attached hydrogen (secondary N) is 2. The van der Waals surface area contributed by atoms with Gasteiger partial charge in [0.15, 0.2) is 0 Å². The van der Waals surface area contributed by atoms with Crippen LogP contribution in [0.1, 0.15) is 19.4 Å². The molecule has 0 fully saturated rings. The lowest BCUT2D eigenvalue weighted by atomic mass is 10.1. The fraction of sp³-hybridized carbons (Fsp3) is 0.462. The molecule has 0 aliphatic rings. The topological polar surface area (TPSA) is 84.3 Å². The van der Waals surface area contributed by atoms with Crippen LogP contribution in [0.2, 0.25) is 0 Å². The van der Waals surface area contributed by atoms with Crippen LogP contribution in [0.3, 0.4) is 0 Å². The third kappa shape index (κ3) is 4.90. The molecule has 0 heterocycles. The predicted octanol–water partition coefficient (Wildman–Crippen LogP) is 2.80. The van der Waals surface area contributed by atoms with Gasteiger partial charge in [-0.15, -0.1) is 0 Å². The van der Waals surface area contributed by atoms with Crippen molar-refractivity contribution in [2.75, 3.05) is 18.4 Å². The van der Waals surface area contributed by atoms with Gasteiger partial charge in [0.1, 0.15) is 5.69 Å². The Bertz CT molecular complexity index is 559. The predicted molar refractivity (Wildman–Crippen MR) is 74.4 cm³/mol. The first-order valence-corrected chi connectivity index (χ1v) is 6.50. The molecule has 0 saturated carbocycles. The zero-order valence-electron chi connectivity index (χ0n) is 12.0. The Hall–Kier alpha value is -2.32. The summed E-state index contributed by atoms with van der Waals surface area (Å²) in [6.45, 7) is 3.78. The van der Waals surface area contributed by atoms with E-state index in [0.29, 0.717) is 6.07 Å². The lowest BCUT2D eigenvalue weighted by molar-refractivity contribution is -0.384. The van der Waals surface area contributed by atoms with Crippen LogP contribution in [0.4, 0.5) is 24.5 Å². The summed E-state index contributed by atoms with van der Waals surface area (Å²) in [7, 11) is 0. The van der Waals surface area contributed by atoms with Gasteiger partial charge >= 0.3 is 6.18 Å². The molecular weight excluding hydrogens is 303 g/mol. The smallest absolute Gasteiger partial charge is 0.378 e. The van der Waals surface area contributed by atoms with Gasteiger partial charge in [0.05, 0.1) is 10.5 Å². The number of nitrogens with zero attached hydrogens (tertiary/aromatic N) is 1. The van der Waals surface area contributed by atoms with Gasteiger partial charge in [-0.3, -0.25) is 14.9 Å². The Labute approximate surface area is 124 Å². The first-order chi connectivity index (χ1) is 10.1. The molecule has 0 saturated heterocycles. The van der Waals surface area contributed by atoms with E-state index in [9.17, 15) is 28.1 Å². The lowest BCUT2D eigenvalue weighted by Crippen LogP contribution is -2.31. The van der Waals surface area contributed by atoms with Crippen LogP contribution in [0.15, 0.2) is 18.2 Å². The van der Waals surface area contributed by atoms with Crippen LogP contribution in [-0.2, 0) is 11.0 Å². The molecule has 1 aromatic carbocycles. The van der Waals surface area contributed by atoms with E-state index < -0.39 is 22.4 Å². The van der Waals surface area contributed by atoms with E-state index in [1.807, 2.05) is 0 Å². The molecule has 0 aliphatic heterocycles. The maximum absolute atomic E-state index is 12.5. The molecule has 2 N–H and O–H groups in total. The van der Waals surface area contributed by atoms with Crippen LogP contribution < -0.4 is 10.6 Å². The first kappa shape index (κ1) is 17.7. The Morgan fingerprint density at radius 1 is 1.32 bits per heavy atom. The van der Waals surface area contributed by atoms with Gasteiger partial charge in [0.25, 0.3) is 5.69 Å². The molecule has 0 radical (unpaired) electrons. The van der Waals surface area contributed by atoms with Crippen molar-refractivity contribution in [2.45, 2.75) is 20.0 Å². The summed E-state index contributed by atoms with van der Waals surface area (Å²) >= 11 is 0. The molecule has 1 amide bonds. The number of hydrogen-bond acceptors (Lipinski definition) is 4. The fourth-order valence-electron chi connectivity index (χ4n) is 1.60. The zero-order valence-corrected chi connectivity index (χ0v) is 12.0. The van der Waals surface area contributed by atoms with Crippen molar-refractivity contribution in [3.63, 3.8) is 0 Å². The van der Waals surface area contributed by atoms with Crippen molar-refractivity contribution in [3.05, 3.63) is 33.9 Å². The van der Waals surface area contributed by atoms with Crippen LogP contribution in [0.25, 0.3) is 0 Å². The molecule has 1 aromatic rings. The Balaban J connectivity index is 2.75. The maximum atomic E-state index is 12.5. The average Bonchev–Trinajstić information content (AvgIpc) is 2.41. The number of hydrogen-bond donors (Lipinski definition) is 2. The van der Waals surface area contributed by atoms with Crippen LogP contribution >= 0.6 is 0 Å². The van der Waals surface area contributed by atoms with Crippen LogP contribution in [-0.4, -0.2) is 23.9 Å². The number of nitro benzene ring substituents is 1. The summed E-state index contributed by atoms with van der Waals surface area (Å²) in [6.07, 6.45) is -4.64. The third-order valence-electron chi connectivity index (χ3n) is 2.79.